The van der Waals surface area contributed by atoms with Gasteiger partial charge in [0.05, 0.1) is 6.61 Å². The highest BCUT2D eigenvalue weighted by Gasteiger charge is 2.07. The lowest BCUT2D eigenvalue weighted by molar-refractivity contribution is -0.121. The Morgan fingerprint density at radius 3 is 1.84 bits per heavy atom. The number of nitrogens with zero attached hydrogens (tertiary/aromatic N) is 1. The van der Waals surface area contributed by atoms with Crippen molar-refractivity contribution in [2.45, 2.75) is 135 Å². The summed E-state index contributed by atoms with van der Waals surface area (Å²) in [4.78, 5) is 14.5. The van der Waals surface area contributed by atoms with Crippen molar-refractivity contribution in [2.24, 2.45) is 0 Å². The zero-order chi connectivity index (χ0) is 26.8. The van der Waals surface area contributed by atoms with Crippen LogP contribution in [0.25, 0.3) is 0 Å². The molecule has 0 radical (unpaired) electrons. The molecule has 0 spiro atoms. The quantitative estimate of drug-likeness (QED) is 0.125. The van der Waals surface area contributed by atoms with Gasteiger partial charge in [0.15, 0.2) is 0 Å². The van der Waals surface area contributed by atoms with Crippen molar-refractivity contribution in [1.29, 1.82) is 0 Å². The molecule has 0 fully saturated rings. The van der Waals surface area contributed by atoms with E-state index in [1.807, 2.05) is 18.2 Å². The summed E-state index contributed by atoms with van der Waals surface area (Å²) < 4.78 is 6.00. The summed E-state index contributed by atoms with van der Waals surface area (Å²) in [6, 6.07) is 8.15. The maximum Gasteiger partial charge on any atom is 0.220 e. The number of nitrogens with one attached hydrogen (secondary N) is 1. The molecule has 0 bridgehead atoms. The van der Waals surface area contributed by atoms with Gasteiger partial charge in [-0.2, -0.15) is 0 Å². The molecule has 37 heavy (non-hydrogen) atoms. The molecule has 0 aliphatic carbocycles. The van der Waals surface area contributed by atoms with Crippen molar-refractivity contribution in [2.75, 3.05) is 33.8 Å². The molecule has 1 rings (SSSR count). The van der Waals surface area contributed by atoms with Gasteiger partial charge in [-0.3, -0.25) is 4.79 Å². The van der Waals surface area contributed by atoms with Gasteiger partial charge in [0.1, 0.15) is 5.75 Å². The smallest absolute Gasteiger partial charge is 0.220 e. The first-order chi connectivity index (χ1) is 18.1. The second-order valence-electron chi connectivity index (χ2n) is 11.1. The number of hydrogen-bond acceptors (Lipinski definition) is 3. The van der Waals surface area contributed by atoms with E-state index in [9.17, 15) is 4.79 Å². The molecule has 4 heteroatoms. The average molecular weight is 517 g/mol. The van der Waals surface area contributed by atoms with Crippen LogP contribution >= 0.6 is 0 Å². The van der Waals surface area contributed by atoms with E-state index in [1.54, 1.807) is 0 Å². The Morgan fingerprint density at radius 1 is 0.730 bits per heavy atom. The van der Waals surface area contributed by atoms with E-state index in [-0.39, 0.29) is 5.91 Å². The molecule has 1 N–H and O–H groups in total. The van der Waals surface area contributed by atoms with Crippen LogP contribution in [0.1, 0.15) is 134 Å². The maximum atomic E-state index is 12.3. The first-order valence-electron chi connectivity index (χ1n) is 15.8. The zero-order valence-corrected chi connectivity index (χ0v) is 24.8. The normalized spacial score (nSPS) is 11.2. The fraction of sp³-hybridized carbons (Fsp3) is 0.788. The highest BCUT2D eigenvalue weighted by molar-refractivity contribution is 5.76. The van der Waals surface area contributed by atoms with Crippen molar-refractivity contribution in [1.82, 2.24) is 10.2 Å². The Balaban J connectivity index is 1.93. The summed E-state index contributed by atoms with van der Waals surface area (Å²) in [7, 11) is 4.20. The molecule has 0 aromatic heterocycles. The average Bonchev–Trinajstić information content (AvgIpc) is 2.89. The highest BCUT2D eigenvalue weighted by Crippen LogP contribution is 2.20. The predicted octanol–water partition coefficient (Wildman–Crippen LogP) is 8.72. The number of rotatable bonds is 26. The summed E-state index contributed by atoms with van der Waals surface area (Å²) >= 11 is 0. The lowest BCUT2D eigenvalue weighted by Gasteiger charge is -2.13. The molecular formula is C33H60N2O2. The van der Waals surface area contributed by atoms with Gasteiger partial charge in [0, 0.05) is 13.0 Å². The molecule has 214 valence electrons. The molecule has 0 aliphatic heterocycles. The Hall–Kier alpha value is -1.55. The third-order valence-electron chi connectivity index (χ3n) is 7.20. The molecule has 4 nitrogen and oxygen atoms in total. The highest BCUT2D eigenvalue weighted by atomic mass is 16.5. The van der Waals surface area contributed by atoms with Crippen LogP contribution in [0.15, 0.2) is 24.3 Å². The topological polar surface area (TPSA) is 41.6 Å². The minimum Gasteiger partial charge on any atom is -0.493 e. The number of ether oxygens (including phenoxy) is 1. The number of carbonyl (C=O) groups is 1. The van der Waals surface area contributed by atoms with Gasteiger partial charge in [-0.05, 0) is 58.0 Å². The summed E-state index contributed by atoms with van der Waals surface area (Å²) in [6.07, 6.45) is 25.4. The molecule has 0 atom stereocenters. The number of carbonyl (C=O) groups excluding carboxylic acids is 1. The van der Waals surface area contributed by atoms with Crippen LogP contribution in [-0.2, 0) is 11.2 Å². The molecular weight excluding hydrogens is 456 g/mol. The Bertz CT molecular complexity index is 647. The van der Waals surface area contributed by atoms with E-state index in [0.29, 0.717) is 6.42 Å². The second-order valence-corrected chi connectivity index (χ2v) is 11.1. The van der Waals surface area contributed by atoms with Gasteiger partial charge in [-0.25, -0.2) is 0 Å². The molecule has 0 heterocycles. The fourth-order valence-electron chi connectivity index (χ4n) is 4.80. The number of para-hydroxylation sites is 1. The molecule has 1 aromatic rings. The van der Waals surface area contributed by atoms with Crippen LogP contribution in [0, 0.1) is 0 Å². The lowest BCUT2D eigenvalue weighted by atomic mass is 10.0. The van der Waals surface area contributed by atoms with E-state index < -0.39 is 0 Å². The molecule has 0 saturated carbocycles. The van der Waals surface area contributed by atoms with Gasteiger partial charge in [-0.1, -0.05) is 121 Å². The SMILES string of the molecule is CCCCCCCCCCCCCCCCCCNC(=O)CCc1ccccc1OCCCCN(C)C. The lowest BCUT2D eigenvalue weighted by Crippen LogP contribution is -2.24. The maximum absolute atomic E-state index is 12.3. The summed E-state index contributed by atoms with van der Waals surface area (Å²) in [5, 5.41) is 3.11. The number of unbranched alkanes of at least 4 members (excludes halogenated alkanes) is 16. The second kappa shape index (κ2) is 24.8. The van der Waals surface area contributed by atoms with E-state index >= 15 is 0 Å². The van der Waals surface area contributed by atoms with Gasteiger partial charge >= 0.3 is 0 Å². The first kappa shape index (κ1) is 33.5. The van der Waals surface area contributed by atoms with E-state index in [0.717, 1.165) is 56.7 Å². The van der Waals surface area contributed by atoms with E-state index in [1.165, 1.54) is 96.3 Å². The van der Waals surface area contributed by atoms with Crippen molar-refractivity contribution >= 4 is 5.91 Å². The Kier molecular flexibility index (Phi) is 22.4. The van der Waals surface area contributed by atoms with Crippen LogP contribution in [0.4, 0.5) is 0 Å². The fourth-order valence-corrected chi connectivity index (χ4v) is 4.80. The predicted molar refractivity (Wildman–Crippen MR) is 161 cm³/mol. The molecule has 0 saturated heterocycles. The third-order valence-corrected chi connectivity index (χ3v) is 7.20. The summed E-state index contributed by atoms with van der Waals surface area (Å²) in [5.41, 5.74) is 1.13. The van der Waals surface area contributed by atoms with Gasteiger partial charge in [0.25, 0.3) is 0 Å². The minimum absolute atomic E-state index is 0.154. The van der Waals surface area contributed by atoms with Crippen LogP contribution in [0.5, 0.6) is 5.75 Å². The van der Waals surface area contributed by atoms with Crippen LogP contribution in [0.3, 0.4) is 0 Å². The van der Waals surface area contributed by atoms with Crippen molar-refractivity contribution < 1.29 is 9.53 Å². The number of amides is 1. The van der Waals surface area contributed by atoms with E-state index in [4.69, 9.17) is 4.74 Å². The summed E-state index contributed by atoms with van der Waals surface area (Å²) in [6.45, 7) is 4.91. The summed E-state index contributed by atoms with van der Waals surface area (Å²) in [5.74, 6) is 1.08. The zero-order valence-electron chi connectivity index (χ0n) is 24.8. The Morgan fingerprint density at radius 2 is 1.27 bits per heavy atom. The number of benzene rings is 1. The first-order valence-corrected chi connectivity index (χ1v) is 15.8. The largest absolute Gasteiger partial charge is 0.493 e. The standard InChI is InChI=1S/C33H60N2O2/c1-4-5-6-7-8-9-10-11-12-13-14-15-16-17-18-21-28-34-33(36)27-26-31-24-19-20-25-32(31)37-30-23-22-29-35(2)3/h19-20,24-25H,4-18,21-23,26-30H2,1-3H3,(H,34,36). The van der Waals surface area contributed by atoms with Crippen molar-refractivity contribution in [3.05, 3.63) is 29.8 Å². The minimum atomic E-state index is 0.154. The molecule has 0 unspecified atom stereocenters. The van der Waals surface area contributed by atoms with Gasteiger partial charge < -0.3 is 15.0 Å². The molecule has 1 amide bonds. The number of hydrogen-bond donors (Lipinski definition) is 1. The van der Waals surface area contributed by atoms with Crippen molar-refractivity contribution in [3.63, 3.8) is 0 Å². The molecule has 0 aliphatic rings. The van der Waals surface area contributed by atoms with Gasteiger partial charge in [-0.15, -0.1) is 0 Å². The van der Waals surface area contributed by atoms with Crippen LogP contribution < -0.4 is 10.1 Å². The van der Waals surface area contributed by atoms with Gasteiger partial charge in [0.2, 0.25) is 5.91 Å². The van der Waals surface area contributed by atoms with Crippen LogP contribution in [-0.4, -0.2) is 44.6 Å². The monoisotopic (exact) mass is 516 g/mol. The number of aryl methyl sites for hydroxylation is 1. The Labute approximate surface area is 230 Å². The van der Waals surface area contributed by atoms with Crippen LogP contribution in [0.2, 0.25) is 0 Å². The van der Waals surface area contributed by atoms with Crippen molar-refractivity contribution in [3.8, 4) is 5.75 Å². The van der Waals surface area contributed by atoms with E-state index in [2.05, 4.69) is 37.3 Å². The molecule has 1 aromatic carbocycles. The third kappa shape index (κ3) is 21.1.